The number of aliphatic carboxylic acids is 1. The van der Waals surface area contributed by atoms with Crippen LogP contribution in [0.2, 0.25) is 0 Å². The number of unbranched alkanes of at least 4 members (excludes halogenated alkanes) is 3. The van der Waals surface area contributed by atoms with Gasteiger partial charge < -0.3 is 5.11 Å². The molecule has 0 fully saturated rings. The maximum atomic E-state index is 10.5. The Morgan fingerprint density at radius 1 is 1.33 bits per heavy atom. The number of allylic oxidation sites excluding steroid dienone is 1. The van der Waals surface area contributed by atoms with Crippen LogP contribution in [-0.2, 0) is 4.79 Å². The summed E-state index contributed by atoms with van der Waals surface area (Å²) >= 11 is 0. The van der Waals surface area contributed by atoms with Crippen LogP contribution < -0.4 is 0 Å². The van der Waals surface area contributed by atoms with Crippen molar-refractivity contribution in [3.05, 3.63) is 11.6 Å². The molecule has 0 radical (unpaired) electrons. The molecule has 0 aromatic rings. The molecule has 0 saturated heterocycles. The van der Waals surface area contributed by atoms with Crippen molar-refractivity contribution >= 4 is 5.97 Å². The first kappa shape index (κ1) is 11.2. The molecule has 0 atom stereocenters. The standard InChI is InChI=1S/C10H18O2/c1-3-5-6-7-8-9(4-2)10(11)12/h4H,3,5-8H2,1-2H3,(H,11,12)/b9-4-. The highest BCUT2D eigenvalue weighted by Gasteiger charge is 2.03. The van der Waals surface area contributed by atoms with Crippen LogP contribution >= 0.6 is 0 Å². The third-order valence-electron chi connectivity index (χ3n) is 1.92. The second-order valence-corrected chi connectivity index (χ2v) is 2.93. The van der Waals surface area contributed by atoms with Gasteiger partial charge in [0.2, 0.25) is 0 Å². The lowest BCUT2D eigenvalue weighted by atomic mass is 10.1. The fraction of sp³-hybridized carbons (Fsp3) is 0.700. The topological polar surface area (TPSA) is 37.3 Å². The van der Waals surface area contributed by atoms with Gasteiger partial charge in [0.25, 0.3) is 0 Å². The van der Waals surface area contributed by atoms with Gasteiger partial charge in [-0.2, -0.15) is 0 Å². The molecule has 1 N–H and O–H groups in total. The molecule has 70 valence electrons. The number of hydrogen-bond acceptors (Lipinski definition) is 1. The molecule has 0 aliphatic carbocycles. The number of carboxylic acid groups (broad SMARTS) is 1. The summed E-state index contributed by atoms with van der Waals surface area (Å²) in [4.78, 5) is 10.5. The Hall–Kier alpha value is -0.790. The summed E-state index contributed by atoms with van der Waals surface area (Å²) in [5.41, 5.74) is 0.547. The van der Waals surface area contributed by atoms with E-state index < -0.39 is 5.97 Å². The summed E-state index contributed by atoms with van der Waals surface area (Å²) in [5.74, 6) is -0.769. The van der Waals surface area contributed by atoms with E-state index in [9.17, 15) is 4.79 Å². The fourth-order valence-electron chi connectivity index (χ4n) is 1.12. The Balaban J connectivity index is 3.54. The van der Waals surface area contributed by atoms with E-state index in [1.807, 2.05) is 0 Å². The summed E-state index contributed by atoms with van der Waals surface area (Å²) in [5, 5.41) is 8.66. The zero-order valence-electron chi connectivity index (χ0n) is 7.97. The quantitative estimate of drug-likeness (QED) is 0.491. The van der Waals surface area contributed by atoms with Crippen molar-refractivity contribution in [2.75, 3.05) is 0 Å². The number of carbonyl (C=O) groups is 1. The van der Waals surface area contributed by atoms with Gasteiger partial charge >= 0.3 is 5.97 Å². The van der Waals surface area contributed by atoms with E-state index in [0.717, 1.165) is 12.8 Å². The Kier molecular flexibility index (Phi) is 6.44. The number of rotatable bonds is 6. The first-order chi connectivity index (χ1) is 5.72. The summed E-state index contributed by atoms with van der Waals surface area (Å²) in [6.45, 7) is 3.93. The molecule has 12 heavy (non-hydrogen) atoms. The Morgan fingerprint density at radius 3 is 2.42 bits per heavy atom. The van der Waals surface area contributed by atoms with E-state index in [1.54, 1.807) is 13.0 Å². The predicted molar refractivity (Wildman–Crippen MR) is 50.2 cm³/mol. The molecule has 0 heterocycles. The summed E-state index contributed by atoms with van der Waals surface area (Å²) in [7, 11) is 0. The van der Waals surface area contributed by atoms with Crippen molar-refractivity contribution in [3.8, 4) is 0 Å². The van der Waals surface area contributed by atoms with Crippen LogP contribution in [0, 0.1) is 0 Å². The highest BCUT2D eigenvalue weighted by molar-refractivity contribution is 5.86. The van der Waals surface area contributed by atoms with Gasteiger partial charge in [0.15, 0.2) is 0 Å². The first-order valence-corrected chi connectivity index (χ1v) is 4.60. The monoisotopic (exact) mass is 170 g/mol. The smallest absolute Gasteiger partial charge is 0.331 e. The lowest BCUT2D eigenvalue weighted by Gasteiger charge is -2.00. The minimum absolute atomic E-state index is 0.547. The molecule has 0 aromatic heterocycles. The molecule has 0 aliphatic rings. The second-order valence-electron chi connectivity index (χ2n) is 2.93. The Bertz CT molecular complexity index is 159. The third-order valence-corrected chi connectivity index (χ3v) is 1.92. The zero-order chi connectivity index (χ0) is 9.40. The normalized spacial score (nSPS) is 11.7. The average Bonchev–Trinajstić information content (AvgIpc) is 2.04. The molecular weight excluding hydrogens is 152 g/mol. The SMILES string of the molecule is C/C=C(/CCCCCC)C(=O)O. The van der Waals surface area contributed by atoms with Crippen molar-refractivity contribution in [3.63, 3.8) is 0 Å². The third kappa shape index (κ3) is 4.94. The van der Waals surface area contributed by atoms with Crippen LogP contribution in [0.3, 0.4) is 0 Å². The van der Waals surface area contributed by atoms with Crippen LogP contribution in [-0.4, -0.2) is 11.1 Å². The van der Waals surface area contributed by atoms with Crippen LogP contribution in [0.4, 0.5) is 0 Å². The van der Waals surface area contributed by atoms with Crippen molar-refractivity contribution in [2.45, 2.75) is 46.0 Å². The van der Waals surface area contributed by atoms with Crippen molar-refractivity contribution in [2.24, 2.45) is 0 Å². The molecule has 0 rings (SSSR count). The average molecular weight is 170 g/mol. The van der Waals surface area contributed by atoms with Gasteiger partial charge in [-0.15, -0.1) is 0 Å². The van der Waals surface area contributed by atoms with Crippen LogP contribution in [0.25, 0.3) is 0 Å². The summed E-state index contributed by atoms with van der Waals surface area (Å²) < 4.78 is 0. The van der Waals surface area contributed by atoms with E-state index >= 15 is 0 Å². The lowest BCUT2D eigenvalue weighted by molar-refractivity contribution is -0.132. The first-order valence-electron chi connectivity index (χ1n) is 4.60. The minimum atomic E-state index is -0.769. The molecule has 0 aromatic carbocycles. The van der Waals surface area contributed by atoms with Crippen LogP contribution in [0.5, 0.6) is 0 Å². The number of hydrogen-bond donors (Lipinski definition) is 1. The van der Waals surface area contributed by atoms with Crippen molar-refractivity contribution in [1.29, 1.82) is 0 Å². The molecule has 2 heteroatoms. The molecule has 0 bridgehead atoms. The lowest BCUT2D eigenvalue weighted by Crippen LogP contribution is -1.99. The Labute approximate surface area is 74.3 Å². The highest BCUT2D eigenvalue weighted by atomic mass is 16.4. The molecule has 0 spiro atoms. The van der Waals surface area contributed by atoms with Crippen LogP contribution in [0.1, 0.15) is 46.0 Å². The second kappa shape index (κ2) is 6.89. The van der Waals surface area contributed by atoms with Gasteiger partial charge in [0.05, 0.1) is 0 Å². The molecule has 0 amide bonds. The van der Waals surface area contributed by atoms with Gasteiger partial charge in [0, 0.05) is 5.57 Å². The van der Waals surface area contributed by atoms with Gasteiger partial charge in [-0.3, -0.25) is 0 Å². The fourth-order valence-corrected chi connectivity index (χ4v) is 1.12. The van der Waals surface area contributed by atoms with E-state index in [4.69, 9.17) is 5.11 Å². The number of carboxylic acids is 1. The van der Waals surface area contributed by atoms with Crippen molar-refractivity contribution in [1.82, 2.24) is 0 Å². The minimum Gasteiger partial charge on any atom is -0.478 e. The maximum absolute atomic E-state index is 10.5. The van der Waals surface area contributed by atoms with E-state index in [2.05, 4.69) is 6.92 Å². The summed E-state index contributed by atoms with van der Waals surface area (Å²) in [6.07, 6.45) is 6.94. The van der Waals surface area contributed by atoms with Gasteiger partial charge in [-0.1, -0.05) is 32.3 Å². The highest BCUT2D eigenvalue weighted by Crippen LogP contribution is 2.09. The van der Waals surface area contributed by atoms with Crippen LogP contribution in [0.15, 0.2) is 11.6 Å². The largest absolute Gasteiger partial charge is 0.478 e. The van der Waals surface area contributed by atoms with E-state index in [1.165, 1.54) is 12.8 Å². The van der Waals surface area contributed by atoms with Gasteiger partial charge in [-0.25, -0.2) is 4.79 Å². The predicted octanol–water partition coefficient (Wildman–Crippen LogP) is 2.99. The van der Waals surface area contributed by atoms with Gasteiger partial charge in [-0.05, 0) is 19.8 Å². The Morgan fingerprint density at radius 2 is 2.00 bits per heavy atom. The zero-order valence-corrected chi connectivity index (χ0v) is 7.97. The molecule has 0 unspecified atom stereocenters. The van der Waals surface area contributed by atoms with Crippen molar-refractivity contribution < 1.29 is 9.90 Å². The molecule has 2 nitrogen and oxygen atoms in total. The summed E-state index contributed by atoms with van der Waals surface area (Å²) in [6, 6.07) is 0. The van der Waals surface area contributed by atoms with E-state index in [0.29, 0.717) is 12.0 Å². The molecule has 0 aliphatic heterocycles. The van der Waals surface area contributed by atoms with Gasteiger partial charge in [0.1, 0.15) is 0 Å². The molecular formula is C10H18O2. The maximum Gasteiger partial charge on any atom is 0.331 e. The van der Waals surface area contributed by atoms with E-state index in [-0.39, 0.29) is 0 Å². The molecule has 0 saturated carbocycles.